The molecule has 6 rings (SSSR count). The van der Waals surface area contributed by atoms with Crippen LogP contribution in [-0.4, -0.2) is 54.2 Å². The van der Waals surface area contributed by atoms with Gasteiger partial charge in [0, 0.05) is 42.4 Å². The molecule has 0 aromatic heterocycles. The summed E-state index contributed by atoms with van der Waals surface area (Å²) in [7, 11) is 3.17. The second kappa shape index (κ2) is 6.46. The highest BCUT2D eigenvalue weighted by atomic mass is 16.9. The van der Waals surface area contributed by atoms with E-state index in [0.717, 1.165) is 28.9 Å². The van der Waals surface area contributed by atoms with Crippen molar-refractivity contribution < 1.29 is 38.3 Å². The maximum absolute atomic E-state index is 12.6. The lowest BCUT2D eigenvalue weighted by atomic mass is 9.46. The van der Waals surface area contributed by atoms with Crippen molar-refractivity contribution in [1.82, 2.24) is 0 Å². The van der Waals surface area contributed by atoms with Gasteiger partial charge in [-0.1, -0.05) is 6.92 Å². The van der Waals surface area contributed by atoms with Crippen LogP contribution in [0.3, 0.4) is 0 Å². The van der Waals surface area contributed by atoms with E-state index in [0.29, 0.717) is 30.6 Å². The van der Waals surface area contributed by atoms with Gasteiger partial charge in [-0.25, -0.2) is 4.79 Å². The number of methoxy groups -OCH3 is 2. The lowest BCUT2D eigenvalue weighted by molar-refractivity contribution is -0.392. The predicted octanol–water partition coefficient (Wildman–Crippen LogP) is 3.41. The Morgan fingerprint density at radius 2 is 1.79 bits per heavy atom. The number of aliphatic hydroxyl groups excluding tert-OH is 1. The first-order chi connectivity index (χ1) is 15.9. The molecule has 1 aromatic rings. The molecule has 1 aromatic carbocycles. The summed E-state index contributed by atoms with van der Waals surface area (Å²) in [5.41, 5.74) is 0.176. The van der Waals surface area contributed by atoms with Crippen LogP contribution >= 0.6 is 0 Å². The van der Waals surface area contributed by atoms with Gasteiger partial charge in [0.15, 0.2) is 0 Å². The predicted molar refractivity (Wildman–Crippen MR) is 120 cm³/mol. The van der Waals surface area contributed by atoms with Crippen molar-refractivity contribution in [3.63, 3.8) is 0 Å². The summed E-state index contributed by atoms with van der Waals surface area (Å²) in [5, 5.41) is 11.8. The molecule has 186 valence electrons. The quantitative estimate of drug-likeness (QED) is 0.652. The highest BCUT2D eigenvalue weighted by molar-refractivity contribution is 5.98. The van der Waals surface area contributed by atoms with Crippen molar-refractivity contribution in [1.29, 1.82) is 0 Å². The van der Waals surface area contributed by atoms with Crippen molar-refractivity contribution >= 4 is 5.97 Å². The number of rotatable bonds is 2. The lowest BCUT2D eigenvalue weighted by Crippen LogP contribution is -2.77. The molecule has 4 heterocycles. The van der Waals surface area contributed by atoms with Crippen LogP contribution < -0.4 is 9.47 Å². The fraction of sp³-hybridized carbons (Fsp3) is 0.731. The van der Waals surface area contributed by atoms with Crippen LogP contribution in [0.25, 0.3) is 0 Å². The Hall–Kier alpha value is -1.87. The summed E-state index contributed by atoms with van der Waals surface area (Å²) >= 11 is 0. The topological polar surface area (TPSA) is 92.7 Å². The number of fused-ring (bicyclic) bond motifs is 5. The van der Waals surface area contributed by atoms with E-state index >= 15 is 0 Å². The van der Waals surface area contributed by atoms with E-state index in [9.17, 15) is 9.90 Å². The van der Waals surface area contributed by atoms with E-state index in [1.807, 2.05) is 20.8 Å². The second-order valence-corrected chi connectivity index (χ2v) is 11.5. The minimum atomic E-state index is -1.16. The van der Waals surface area contributed by atoms with Crippen molar-refractivity contribution in [2.45, 2.75) is 95.8 Å². The smallest absolute Gasteiger partial charge is 0.342 e. The van der Waals surface area contributed by atoms with Crippen LogP contribution in [0.2, 0.25) is 0 Å². The van der Waals surface area contributed by atoms with Gasteiger partial charge in [0.25, 0.3) is 5.97 Å². The number of esters is 1. The van der Waals surface area contributed by atoms with Crippen LogP contribution in [0.5, 0.6) is 11.5 Å². The largest absolute Gasteiger partial charge is 0.495 e. The minimum absolute atomic E-state index is 0.0319. The molecule has 1 N–H and O–H groups in total. The monoisotopic (exact) mass is 474 g/mol. The van der Waals surface area contributed by atoms with Gasteiger partial charge in [0.05, 0.1) is 13.2 Å². The normalized spacial score (nSPS) is 43.2. The molecule has 5 aliphatic rings. The van der Waals surface area contributed by atoms with Crippen molar-refractivity contribution in [2.75, 3.05) is 14.2 Å². The first-order valence-corrected chi connectivity index (χ1v) is 12.1. The summed E-state index contributed by atoms with van der Waals surface area (Å²) < 4.78 is 36.8. The molecule has 0 amide bonds. The molecular formula is C26H34O8. The SMILES string of the molecule is COc1c2c(c(C)c3c1C(=O)OC3)OC1(C)CC(O)C34OC(OC)(CCC3(C)C1C2)OC4(C)C. The van der Waals surface area contributed by atoms with Crippen LogP contribution in [0.4, 0.5) is 0 Å². The number of hydrogen-bond donors (Lipinski definition) is 1. The lowest BCUT2D eigenvalue weighted by Gasteiger charge is -2.66. The number of ether oxygens (including phenoxy) is 6. The van der Waals surface area contributed by atoms with Gasteiger partial charge in [-0.3, -0.25) is 0 Å². The Kier molecular flexibility index (Phi) is 4.29. The summed E-state index contributed by atoms with van der Waals surface area (Å²) in [6, 6.07) is 0. The minimum Gasteiger partial charge on any atom is -0.495 e. The molecule has 1 spiro atoms. The van der Waals surface area contributed by atoms with Crippen LogP contribution in [0, 0.1) is 18.3 Å². The zero-order chi connectivity index (χ0) is 24.5. The second-order valence-electron chi connectivity index (χ2n) is 11.5. The highest BCUT2D eigenvalue weighted by Crippen LogP contribution is 2.70. The van der Waals surface area contributed by atoms with Gasteiger partial charge >= 0.3 is 5.97 Å². The Balaban J connectivity index is 1.55. The van der Waals surface area contributed by atoms with Gasteiger partial charge in [-0.05, 0) is 46.1 Å². The molecule has 34 heavy (non-hydrogen) atoms. The zero-order valence-corrected chi connectivity index (χ0v) is 21.0. The maximum Gasteiger partial charge on any atom is 0.342 e. The molecule has 1 saturated carbocycles. The van der Waals surface area contributed by atoms with Gasteiger partial charge in [0.1, 0.15) is 40.5 Å². The van der Waals surface area contributed by atoms with Gasteiger partial charge in [0.2, 0.25) is 0 Å². The summed E-state index contributed by atoms with van der Waals surface area (Å²) in [4.78, 5) is 12.6. The van der Waals surface area contributed by atoms with Gasteiger partial charge in [-0.2, -0.15) is 0 Å². The molecule has 8 nitrogen and oxygen atoms in total. The fourth-order valence-corrected chi connectivity index (χ4v) is 8.26. The molecule has 2 bridgehead atoms. The molecule has 6 atom stereocenters. The summed E-state index contributed by atoms with van der Waals surface area (Å²) in [6.07, 6.45) is 1.46. The molecular weight excluding hydrogens is 440 g/mol. The van der Waals surface area contributed by atoms with E-state index < -0.39 is 34.3 Å². The fourth-order valence-electron chi connectivity index (χ4n) is 8.26. The number of carbonyl (C=O) groups excluding carboxylic acids is 1. The number of benzene rings is 1. The van der Waals surface area contributed by atoms with E-state index in [1.54, 1.807) is 14.2 Å². The number of hydrogen-bond acceptors (Lipinski definition) is 8. The molecule has 0 radical (unpaired) electrons. The molecule has 4 aliphatic heterocycles. The van der Waals surface area contributed by atoms with Crippen molar-refractivity contribution in [3.8, 4) is 11.5 Å². The van der Waals surface area contributed by atoms with E-state index in [2.05, 4.69) is 13.8 Å². The standard InChI is InChI=1S/C26H34O8/c1-13-15-12-31-21(28)18(15)20(29-6)14-10-16-23(4)8-9-25(30-7)33-22(2,3)26(23,34-25)17(27)11-24(16,5)32-19(13)14/h16-17,27H,8-12H2,1-7H3. The number of cyclic esters (lactones) is 1. The third-order valence-electron chi connectivity index (χ3n) is 9.68. The molecule has 1 aliphatic carbocycles. The Bertz CT molecular complexity index is 1110. The number of carbonyl (C=O) groups is 1. The zero-order valence-electron chi connectivity index (χ0n) is 21.0. The first kappa shape index (κ1) is 22.6. The van der Waals surface area contributed by atoms with Crippen LogP contribution in [0.1, 0.15) is 74.0 Å². The summed E-state index contributed by atoms with van der Waals surface area (Å²) in [5.74, 6) is -0.276. The van der Waals surface area contributed by atoms with Gasteiger partial charge in [-0.15, -0.1) is 0 Å². The average Bonchev–Trinajstić information content (AvgIpc) is 3.25. The Morgan fingerprint density at radius 3 is 2.47 bits per heavy atom. The van der Waals surface area contributed by atoms with E-state index in [4.69, 9.17) is 28.4 Å². The molecule has 3 fully saturated rings. The third kappa shape index (κ3) is 2.31. The van der Waals surface area contributed by atoms with Crippen LogP contribution in [0.15, 0.2) is 0 Å². The molecule has 6 unspecified atom stereocenters. The highest BCUT2D eigenvalue weighted by Gasteiger charge is 2.80. The Morgan fingerprint density at radius 1 is 1.06 bits per heavy atom. The van der Waals surface area contributed by atoms with Crippen LogP contribution in [-0.2, 0) is 32.0 Å². The third-order valence-corrected chi connectivity index (χ3v) is 9.68. The van der Waals surface area contributed by atoms with Gasteiger partial charge < -0.3 is 33.5 Å². The van der Waals surface area contributed by atoms with Crippen molar-refractivity contribution in [3.05, 3.63) is 22.3 Å². The molecule has 8 heteroatoms. The van der Waals surface area contributed by atoms with E-state index in [1.165, 1.54) is 0 Å². The first-order valence-electron chi connectivity index (χ1n) is 12.1. The molecule has 2 saturated heterocycles. The average molecular weight is 475 g/mol. The van der Waals surface area contributed by atoms with E-state index in [-0.39, 0.29) is 18.5 Å². The maximum atomic E-state index is 12.6. The number of aliphatic hydroxyl groups is 1. The summed E-state index contributed by atoms with van der Waals surface area (Å²) in [6.45, 7) is 10.4. The Labute approximate surface area is 199 Å². The van der Waals surface area contributed by atoms with Crippen molar-refractivity contribution in [2.24, 2.45) is 11.3 Å².